The molecule has 0 aliphatic carbocycles. The molecule has 1 aliphatic heterocycles. The van der Waals surface area contributed by atoms with Crippen LogP contribution < -0.4 is 0 Å². The van der Waals surface area contributed by atoms with E-state index in [1.54, 1.807) is 0 Å². The highest BCUT2D eigenvalue weighted by atomic mass is 16.5. The van der Waals surface area contributed by atoms with Gasteiger partial charge in [-0.1, -0.05) is 39.8 Å². The lowest BCUT2D eigenvalue weighted by molar-refractivity contribution is -0.122. The van der Waals surface area contributed by atoms with Crippen LogP contribution in [-0.4, -0.2) is 58.5 Å². The zero-order chi connectivity index (χ0) is 20.6. The van der Waals surface area contributed by atoms with E-state index < -0.39 is 0 Å². The largest absolute Gasteiger partial charge is 0.378 e. The van der Waals surface area contributed by atoms with Gasteiger partial charge >= 0.3 is 0 Å². The molecule has 28 heavy (non-hydrogen) atoms. The van der Waals surface area contributed by atoms with E-state index in [2.05, 4.69) is 36.0 Å². The third-order valence-electron chi connectivity index (χ3n) is 5.46. The molecule has 1 aromatic heterocycles. The molecule has 0 amide bonds. The predicted octanol–water partition coefficient (Wildman–Crippen LogP) is 3.60. The average Bonchev–Trinajstić information content (AvgIpc) is 3.05. The number of carbonyl (C=O) groups is 1. The van der Waals surface area contributed by atoms with Gasteiger partial charge in [-0.2, -0.15) is 0 Å². The number of Topliss-reactive ketones (excluding diaryl/α,β-unsaturated/α-hetero) is 1. The van der Waals surface area contributed by atoms with E-state index in [4.69, 9.17) is 4.74 Å². The van der Waals surface area contributed by atoms with Crippen molar-refractivity contribution in [2.75, 3.05) is 32.8 Å². The Hall–Kier alpha value is -1.27. The van der Waals surface area contributed by atoms with E-state index in [9.17, 15) is 4.79 Å². The van der Waals surface area contributed by atoms with Crippen molar-refractivity contribution in [1.82, 2.24) is 19.9 Å². The van der Waals surface area contributed by atoms with Crippen molar-refractivity contribution in [3.63, 3.8) is 0 Å². The minimum absolute atomic E-state index is 0.180. The number of hydrogen-bond donors (Lipinski definition) is 0. The minimum atomic E-state index is 0.180. The Labute approximate surface area is 171 Å². The molecular weight excluding hydrogens is 352 g/mol. The maximum absolute atomic E-state index is 11.8. The zero-order valence-corrected chi connectivity index (χ0v) is 18.6. The number of ketones is 1. The van der Waals surface area contributed by atoms with Gasteiger partial charge < -0.3 is 9.64 Å². The summed E-state index contributed by atoms with van der Waals surface area (Å²) < 4.78 is 7.69. The lowest BCUT2D eigenvalue weighted by atomic mass is 9.90. The van der Waals surface area contributed by atoms with Crippen molar-refractivity contribution in [2.45, 2.75) is 73.3 Å². The third-order valence-corrected chi connectivity index (χ3v) is 5.46. The van der Waals surface area contributed by atoms with Crippen LogP contribution in [0.3, 0.4) is 0 Å². The molecule has 1 fully saturated rings. The fourth-order valence-corrected chi connectivity index (χ4v) is 3.66. The minimum Gasteiger partial charge on any atom is -0.378 e. The Morgan fingerprint density at radius 2 is 1.89 bits per heavy atom. The van der Waals surface area contributed by atoms with Gasteiger partial charge in [0.05, 0.1) is 25.5 Å². The normalized spacial score (nSPS) is 16.8. The second kappa shape index (κ2) is 11.1. The van der Waals surface area contributed by atoms with E-state index in [0.29, 0.717) is 12.4 Å². The highest BCUT2D eigenvalue weighted by Crippen LogP contribution is 2.22. The highest BCUT2D eigenvalue weighted by molar-refractivity contribution is 5.80. The van der Waals surface area contributed by atoms with Crippen LogP contribution in [0.4, 0.5) is 0 Å². The molecule has 0 radical (unpaired) electrons. The van der Waals surface area contributed by atoms with Crippen LogP contribution in [0.5, 0.6) is 0 Å². The van der Waals surface area contributed by atoms with Gasteiger partial charge in [0.25, 0.3) is 0 Å². The van der Waals surface area contributed by atoms with Gasteiger partial charge in [-0.3, -0.25) is 4.79 Å². The van der Waals surface area contributed by atoms with Gasteiger partial charge in [-0.15, -0.1) is 5.10 Å². The quantitative estimate of drug-likeness (QED) is 0.539. The van der Waals surface area contributed by atoms with E-state index in [-0.39, 0.29) is 11.3 Å². The number of piperidine rings is 1. The van der Waals surface area contributed by atoms with Crippen LogP contribution in [0.1, 0.15) is 66.0 Å². The van der Waals surface area contributed by atoms with Gasteiger partial charge in [0.2, 0.25) is 0 Å². The summed E-state index contributed by atoms with van der Waals surface area (Å²) >= 11 is 0. The van der Waals surface area contributed by atoms with Crippen LogP contribution >= 0.6 is 0 Å². The number of hydrogen-bond acceptors (Lipinski definition) is 5. The van der Waals surface area contributed by atoms with Crippen molar-refractivity contribution in [1.29, 1.82) is 0 Å². The Bertz CT molecular complexity index is 584. The van der Waals surface area contributed by atoms with Gasteiger partial charge in [0.15, 0.2) is 0 Å². The second-order valence-electron chi connectivity index (χ2n) is 9.77. The standard InChI is InChI=1S/C22H40N4O2/c1-18(2)21(27)7-6-19-8-10-25(11-9-19)12-14-28-15-13-26-17-20(23-24-26)16-22(3,4)5/h17-19H,6-16H2,1-5H3. The van der Waals surface area contributed by atoms with Gasteiger partial charge in [0.1, 0.15) is 5.78 Å². The number of aromatic nitrogens is 3. The van der Waals surface area contributed by atoms with Gasteiger partial charge in [-0.25, -0.2) is 4.68 Å². The Balaban J connectivity index is 1.52. The molecule has 6 nitrogen and oxygen atoms in total. The van der Waals surface area contributed by atoms with Gasteiger partial charge in [-0.05, 0) is 50.1 Å². The molecule has 0 spiro atoms. The van der Waals surface area contributed by atoms with Crippen molar-refractivity contribution >= 4 is 5.78 Å². The number of rotatable bonds is 11. The fraction of sp³-hybridized carbons (Fsp3) is 0.864. The van der Waals surface area contributed by atoms with Crippen LogP contribution in [0.25, 0.3) is 0 Å². The Morgan fingerprint density at radius 1 is 1.21 bits per heavy atom. The lowest BCUT2D eigenvalue weighted by Gasteiger charge is -2.31. The summed E-state index contributed by atoms with van der Waals surface area (Å²) in [5, 5.41) is 8.43. The first kappa shape index (κ1) is 23.0. The second-order valence-corrected chi connectivity index (χ2v) is 9.77. The van der Waals surface area contributed by atoms with Crippen molar-refractivity contribution in [2.24, 2.45) is 17.3 Å². The van der Waals surface area contributed by atoms with Crippen LogP contribution in [0.15, 0.2) is 6.20 Å². The summed E-state index contributed by atoms with van der Waals surface area (Å²) in [6.45, 7) is 16.1. The maximum atomic E-state index is 11.8. The molecule has 160 valence electrons. The molecule has 0 N–H and O–H groups in total. The Kier molecular flexibility index (Phi) is 9.09. The molecule has 1 saturated heterocycles. The first-order valence-corrected chi connectivity index (χ1v) is 10.9. The fourth-order valence-electron chi connectivity index (χ4n) is 3.66. The summed E-state index contributed by atoms with van der Waals surface area (Å²) in [6, 6.07) is 0. The number of nitrogens with zero attached hydrogens (tertiary/aromatic N) is 4. The van der Waals surface area contributed by atoms with Crippen molar-refractivity contribution < 1.29 is 9.53 Å². The predicted molar refractivity (Wildman–Crippen MR) is 112 cm³/mol. The molecule has 2 rings (SSSR count). The van der Waals surface area contributed by atoms with E-state index in [1.807, 2.05) is 24.7 Å². The van der Waals surface area contributed by atoms with Crippen LogP contribution in [0, 0.1) is 17.3 Å². The first-order valence-electron chi connectivity index (χ1n) is 10.9. The smallest absolute Gasteiger partial charge is 0.135 e. The molecule has 0 unspecified atom stereocenters. The molecular formula is C22H40N4O2. The maximum Gasteiger partial charge on any atom is 0.135 e. The monoisotopic (exact) mass is 392 g/mol. The highest BCUT2D eigenvalue weighted by Gasteiger charge is 2.20. The van der Waals surface area contributed by atoms with Crippen molar-refractivity contribution in [3.05, 3.63) is 11.9 Å². The van der Waals surface area contributed by atoms with Crippen LogP contribution in [0.2, 0.25) is 0 Å². The average molecular weight is 393 g/mol. The topological polar surface area (TPSA) is 60.2 Å². The molecule has 0 bridgehead atoms. The molecule has 0 aromatic carbocycles. The SMILES string of the molecule is CC(C)C(=O)CCC1CCN(CCOCCn2cc(CC(C)(C)C)nn2)CC1. The molecule has 1 aromatic rings. The molecule has 0 saturated carbocycles. The molecule has 0 atom stereocenters. The zero-order valence-electron chi connectivity index (χ0n) is 18.6. The van der Waals surface area contributed by atoms with E-state index in [1.165, 1.54) is 12.8 Å². The number of carbonyl (C=O) groups excluding carboxylic acids is 1. The lowest BCUT2D eigenvalue weighted by Crippen LogP contribution is -2.36. The van der Waals surface area contributed by atoms with Crippen LogP contribution in [-0.2, 0) is 22.5 Å². The summed E-state index contributed by atoms with van der Waals surface area (Å²) in [7, 11) is 0. The van der Waals surface area contributed by atoms with E-state index in [0.717, 1.165) is 63.7 Å². The summed E-state index contributed by atoms with van der Waals surface area (Å²) in [5.41, 5.74) is 1.28. The number of ether oxygens (including phenoxy) is 1. The van der Waals surface area contributed by atoms with Gasteiger partial charge in [0, 0.05) is 25.1 Å². The first-order chi connectivity index (χ1) is 13.2. The van der Waals surface area contributed by atoms with Crippen molar-refractivity contribution in [3.8, 4) is 0 Å². The third kappa shape index (κ3) is 8.82. The number of likely N-dealkylation sites (tertiary alicyclic amines) is 1. The molecule has 1 aliphatic rings. The molecule has 6 heteroatoms. The molecule has 2 heterocycles. The summed E-state index contributed by atoms with van der Waals surface area (Å²) in [6.07, 6.45) is 7.21. The summed E-state index contributed by atoms with van der Waals surface area (Å²) in [5.74, 6) is 1.31. The summed E-state index contributed by atoms with van der Waals surface area (Å²) in [4.78, 5) is 14.3. The van der Waals surface area contributed by atoms with E-state index >= 15 is 0 Å². The Morgan fingerprint density at radius 3 is 2.54 bits per heavy atom.